The second-order valence-corrected chi connectivity index (χ2v) is 6.33. The molecule has 1 unspecified atom stereocenters. The van der Waals surface area contributed by atoms with Crippen molar-refractivity contribution in [1.82, 2.24) is 4.90 Å². The van der Waals surface area contributed by atoms with Gasteiger partial charge >= 0.3 is 0 Å². The molecule has 0 spiro atoms. The Morgan fingerprint density at radius 2 is 1.95 bits per heavy atom. The first-order chi connectivity index (χ1) is 8.68. The molecule has 0 saturated heterocycles. The van der Waals surface area contributed by atoms with Crippen molar-refractivity contribution in [2.24, 2.45) is 5.41 Å². The molecule has 1 N–H and O–H groups in total. The van der Waals surface area contributed by atoms with Gasteiger partial charge in [0, 0.05) is 30.8 Å². The molecule has 0 fully saturated rings. The first-order valence-electron chi connectivity index (χ1n) is 6.43. The van der Waals surface area contributed by atoms with Crippen molar-refractivity contribution in [3.8, 4) is 0 Å². The van der Waals surface area contributed by atoms with Gasteiger partial charge in [0.2, 0.25) is 0 Å². The van der Waals surface area contributed by atoms with E-state index in [0.717, 1.165) is 5.69 Å². The van der Waals surface area contributed by atoms with Gasteiger partial charge in [-0.05, 0) is 30.5 Å². The number of nitrogens with one attached hydrogen (secondary N) is 1. The third-order valence-corrected chi connectivity index (χ3v) is 3.87. The summed E-state index contributed by atoms with van der Waals surface area (Å²) >= 11 is 5.99. The lowest BCUT2D eigenvalue weighted by Crippen LogP contribution is -2.43. The van der Waals surface area contributed by atoms with E-state index in [-0.39, 0.29) is 17.4 Å². The lowest BCUT2D eigenvalue weighted by molar-refractivity contribution is 0.0630. The van der Waals surface area contributed by atoms with Crippen molar-refractivity contribution in [2.45, 2.75) is 33.7 Å². The molecular weight excluding hydrogens is 260 g/mol. The summed E-state index contributed by atoms with van der Waals surface area (Å²) in [5, 5.41) is 3.60. The number of carbonyl (C=O) groups is 1. The molecule has 1 aromatic carbocycles. The summed E-state index contributed by atoms with van der Waals surface area (Å²) in [5.41, 5.74) is 1.43. The first kappa shape index (κ1) is 15.8. The molecule has 0 bridgehead atoms. The average Bonchev–Trinajstić information content (AvgIpc) is 2.34. The van der Waals surface area contributed by atoms with Gasteiger partial charge in [-0.1, -0.05) is 32.4 Å². The van der Waals surface area contributed by atoms with E-state index in [2.05, 4.69) is 33.0 Å². The fourth-order valence-corrected chi connectivity index (χ4v) is 2.03. The molecule has 1 amide bonds. The summed E-state index contributed by atoms with van der Waals surface area (Å²) in [5.74, 6) is -0.0192. The summed E-state index contributed by atoms with van der Waals surface area (Å²) < 4.78 is 0. The van der Waals surface area contributed by atoms with E-state index in [4.69, 9.17) is 11.6 Å². The van der Waals surface area contributed by atoms with Crippen LogP contribution in [0.5, 0.6) is 0 Å². The van der Waals surface area contributed by atoms with E-state index in [0.29, 0.717) is 10.6 Å². The Labute approximate surface area is 120 Å². The van der Waals surface area contributed by atoms with Crippen LogP contribution in [-0.2, 0) is 0 Å². The number of anilines is 1. The minimum Gasteiger partial charge on any atom is -0.387 e. The van der Waals surface area contributed by atoms with E-state index < -0.39 is 0 Å². The number of benzene rings is 1. The summed E-state index contributed by atoms with van der Waals surface area (Å²) in [4.78, 5) is 14.4. The SMILES string of the molecule is CNc1ccc(Cl)cc1C(=O)N(C)C(C)C(C)(C)C. The molecule has 1 atom stereocenters. The third kappa shape index (κ3) is 3.63. The summed E-state index contributed by atoms with van der Waals surface area (Å²) in [7, 11) is 3.63. The molecule has 1 aromatic rings. The molecule has 0 radical (unpaired) electrons. The monoisotopic (exact) mass is 282 g/mol. The lowest BCUT2D eigenvalue weighted by atomic mass is 9.87. The van der Waals surface area contributed by atoms with E-state index in [1.807, 2.05) is 13.1 Å². The number of hydrogen-bond donors (Lipinski definition) is 1. The van der Waals surface area contributed by atoms with Crippen molar-refractivity contribution in [1.29, 1.82) is 0 Å². The molecule has 1 rings (SSSR count). The summed E-state index contributed by atoms with van der Waals surface area (Å²) in [6.07, 6.45) is 0. The van der Waals surface area contributed by atoms with Crippen LogP contribution >= 0.6 is 11.6 Å². The van der Waals surface area contributed by atoms with Crippen molar-refractivity contribution in [2.75, 3.05) is 19.4 Å². The number of amides is 1. The van der Waals surface area contributed by atoms with Crippen LogP contribution in [0.3, 0.4) is 0 Å². The highest BCUT2D eigenvalue weighted by atomic mass is 35.5. The highest BCUT2D eigenvalue weighted by Crippen LogP contribution is 2.27. The van der Waals surface area contributed by atoms with E-state index in [1.165, 1.54) is 0 Å². The number of halogens is 1. The van der Waals surface area contributed by atoms with Crippen molar-refractivity contribution in [3.05, 3.63) is 28.8 Å². The maximum Gasteiger partial charge on any atom is 0.256 e. The first-order valence-corrected chi connectivity index (χ1v) is 6.80. The molecule has 0 saturated carbocycles. The molecule has 0 aliphatic rings. The molecule has 4 heteroatoms. The minimum atomic E-state index is -0.0192. The highest BCUT2D eigenvalue weighted by molar-refractivity contribution is 6.31. The van der Waals surface area contributed by atoms with Crippen LogP contribution in [0.15, 0.2) is 18.2 Å². The fourth-order valence-electron chi connectivity index (χ4n) is 1.86. The van der Waals surface area contributed by atoms with Gasteiger partial charge in [0.05, 0.1) is 5.56 Å². The highest BCUT2D eigenvalue weighted by Gasteiger charge is 2.28. The van der Waals surface area contributed by atoms with Gasteiger partial charge in [-0.2, -0.15) is 0 Å². The smallest absolute Gasteiger partial charge is 0.256 e. The largest absolute Gasteiger partial charge is 0.387 e. The van der Waals surface area contributed by atoms with Gasteiger partial charge < -0.3 is 10.2 Å². The predicted molar refractivity (Wildman–Crippen MR) is 82.0 cm³/mol. The molecular formula is C15H23ClN2O. The Kier molecular flexibility index (Phi) is 4.86. The molecule has 106 valence electrons. The molecule has 0 heterocycles. The van der Waals surface area contributed by atoms with Crippen LogP contribution in [0.2, 0.25) is 5.02 Å². The van der Waals surface area contributed by atoms with Crippen molar-refractivity contribution >= 4 is 23.2 Å². The normalized spacial score (nSPS) is 13.0. The van der Waals surface area contributed by atoms with Gasteiger partial charge in [0.25, 0.3) is 5.91 Å². The molecule has 0 aliphatic carbocycles. The lowest BCUT2D eigenvalue weighted by Gasteiger charge is -2.35. The number of rotatable bonds is 3. The molecule has 19 heavy (non-hydrogen) atoms. The van der Waals surface area contributed by atoms with Crippen LogP contribution in [0, 0.1) is 5.41 Å². The maximum atomic E-state index is 12.6. The number of carbonyl (C=O) groups excluding carboxylic acids is 1. The van der Waals surface area contributed by atoms with E-state index >= 15 is 0 Å². The van der Waals surface area contributed by atoms with Crippen LogP contribution in [0.25, 0.3) is 0 Å². The van der Waals surface area contributed by atoms with Gasteiger partial charge in [-0.15, -0.1) is 0 Å². The Hall–Kier alpha value is -1.22. The second kappa shape index (κ2) is 5.83. The van der Waals surface area contributed by atoms with Gasteiger partial charge in [-0.25, -0.2) is 0 Å². The van der Waals surface area contributed by atoms with Gasteiger partial charge in [0.1, 0.15) is 0 Å². The zero-order valence-corrected chi connectivity index (χ0v) is 13.3. The van der Waals surface area contributed by atoms with E-state index in [9.17, 15) is 4.79 Å². The van der Waals surface area contributed by atoms with Crippen LogP contribution in [0.4, 0.5) is 5.69 Å². The Bertz CT molecular complexity index is 466. The van der Waals surface area contributed by atoms with E-state index in [1.54, 1.807) is 24.1 Å². The quantitative estimate of drug-likeness (QED) is 0.912. The minimum absolute atomic E-state index is 0.0192. The van der Waals surface area contributed by atoms with Crippen LogP contribution in [0.1, 0.15) is 38.1 Å². The third-order valence-electron chi connectivity index (χ3n) is 3.64. The van der Waals surface area contributed by atoms with Crippen molar-refractivity contribution < 1.29 is 4.79 Å². The van der Waals surface area contributed by atoms with Gasteiger partial charge in [0.15, 0.2) is 0 Å². The summed E-state index contributed by atoms with van der Waals surface area (Å²) in [6.45, 7) is 8.43. The zero-order valence-electron chi connectivity index (χ0n) is 12.5. The average molecular weight is 283 g/mol. The fraction of sp³-hybridized carbons (Fsp3) is 0.533. The van der Waals surface area contributed by atoms with Crippen molar-refractivity contribution in [3.63, 3.8) is 0 Å². The second-order valence-electron chi connectivity index (χ2n) is 5.90. The van der Waals surface area contributed by atoms with Gasteiger partial charge in [-0.3, -0.25) is 4.79 Å². The molecule has 0 aromatic heterocycles. The predicted octanol–water partition coefficient (Wildman–Crippen LogP) is 3.89. The zero-order chi connectivity index (χ0) is 14.8. The number of hydrogen-bond acceptors (Lipinski definition) is 2. The standard InChI is InChI=1S/C15H23ClN2O/c1-10(15(2,3)4)18(6)14(19)12-9-11(16)7-8-13(12)17-5/h7-10,17H,1-6H3. The summed E-state index contributed by atoms with van der Waals surface area (Å²) in [6, 6.07) is 5.44. The molecule has 0 aliphatic heterocycles. The Balaban J connectivity index is 3.10. The maximum absolute atomic E-state index is 12.6. The topological polar surface area (TPSA) is 32.3 Å². The number of nitrogens with zero attached hydrogens (tertiary/aromatic N) is 1. The Morgan fingerprint density at radius 1 is 1.37 bits per heavy atom. The van der Waals surface area contributed by atoms with Crippen LogP contribution < -0.4 is 5.32 Å². The van der Waals surface area contributed by atoms with Crippen LogP contribution in [-0.4, -0.2) is 30.9 Å². The Morgan fingerprint density at radius 3 is 2.42 bits per heavy atom. The molecule has 3 nitrogen and oxygen atoms in total.